The van der Waals surface area contributed by atoms with E-state index in [0.29, 0.717) is 5.92 Å². The largest absolute Gasteiger partial charge is 0.269 e. The number of hydrogen-bond donors (Lipinski definition) is 0. The molecule has 2 heterocycles. The van der Waals surface area contributed by atoms with E-state index in [1.807, 2.05) is 24.5 Å². The van der Waals surface area contributed by atoms with Gasteiger partial charge in [-0.25, -0.2) is 4.39 Å². The molecule has 0 fully saturated rings. The zero-order valence-electron chi connectivity index (χ0n) is 10.1. The third-order valence-electron chi connectivity index (χ3n) is 2.99. The summed E-state index contributed by atoms with van der Waals surface area (Å²) >= 11 is 1.76. The normalized spacial score (nSPS) is 17.2. The van der Waals surface area contributed by atoms with Gasteiger partial charge in [0, 0.05) is 28.1 Å². The molecule has 98 valence electrons. The Hall–Kier alpha value is -1.45. The Balaban J connectivity index is 0.00000133. The molecule has 1 aromatic carbocycles. The molecular weight excluding hydrogens is 281 g/mol. The van der Waals surface area contributed by atoms with Crippen molar-refractivity contribution < 1.29 is 4.39 Å². The first-order chi connectivity index (χ1) is 8.83. The zero-order chi connectivity index (χ0) is 12.4. The Labute approximate surface area is 121 Å². The number of halogens is 2. The zero-order valence-corrected chi connectivity index (χ0v) is 11.8. The maximum absolute atomic E-state index is 12.9. The van der Waals surface area contributed by atoms with Crippen molar-refractivity contribution in [2.24, 2.45) is 4.99 Å². The number of hydrogen-bond acceptors (Lipinski definition) is 2. The summed E-state index contributed by atoms with van der Waals surface area (Å²) < 4.78 is 12.9. The molecule has 1 atom stereocenters. The van der Waals surface area contributed by atoms with Crippen LogP contribution in [0.4, 0.5) is 4.39 Å². The van der Waals surface area contributed by atoms with E-state index in [0.717, 1.165) is 12.0 Å². The van der Waals surface area contributed by atoms with Gasteiger partial charge in [-0.1, -0.05) is 18.2 Å². The van der Waals surface area contributed by atoms with Gasteiger partial charge in [-0.3, -0.25) is 4.99 Å². The van der Waals surface area contributed by atoms with Crippen LogP contribution in [0.15, 0.2) is 53.7 Å². The number of allylic oxidation sites excluding steroid dienone is 1. The van der Waals surface area contributed by atoms with Crippen LogP contribution in [0.5, 0.6) is 0 Å². The Morgan fingerprint density at radius 3 is 2.58 bits per heavy atom. The van der Waals surface area contributed by atoms with Crippen LogP contribution in [0.3, 0.4) is 0 Å². The molecule has 0 N–H and O–H groups in total. The van der Waals surface area contributed by atoms with Crippen LogP contribution in [0.2, 0.25) is 0 Å². The minimum Gasteiger partial charge on any atom is -0.269 e. The van der Waals surface area contributed by atoms with Crippen molar-refractivity contribution in [2.45, 2.75) is 12.3 Å². The second kappa shape index (κ2) is 6.13. The van der Waals surface area contributed by atoms with E-state index in [-0.39, 0.29) is 18.2 Å². The third kappa shape index (κ3) is 3.11. The van der Waals surface area contributed by atoms with Gasteiger partial charge in [0.2, 0.25) is 0 Å². The lowest BCUT2D eigenvalue weighted by molar-refractivity contribution is 0.628. The van der Waals surface area contributed by atoms with E-state index in [1.54, 1.807) is 11.3 Å². The van der Waals surface area contributed by atoms with Crippen LogP contribution < -0.4 is 0 Å². The molecule has 0 saturated carbocycles. The lowest BCUT2D eigenvalue weighted by Gasteiger charge is -2.09. The molecule has 4 heteroatoms. The van der Waals surface area contributed by atoms with Crippen LogP contribution in [-0.4, -0.2) is 6.21 Å². The van der Waals surface area contributed by atoms with Gasteiger partial charge in [-0.15, -0.1) is 23.7 Å². The summed E-state index contributed by atoms with van der Waals surface area (Å²) in [6.45, 7) is 0. The van der Waals surface area contributed by atoms with E-state index in [1.165, 1.54) is 21.9 Å². The Morgan fingerprint density at radius 2 is 1.89 bits per heavy atom. The second-order valence-corrected chi connectivity index (χ2v) is 5.34. The van der Waals surface area contributed by atoms with Gasteiger partial charge in [-0.2, -0.15) is 0 Å². The van der Waals surface area contributed by atoms with Gasteiger partial charge in [0.05, 0.1) is 0 Å². The molecule has 0 bridgehead atoms. The average Bonchev–Trinajstić information content (AvgIpc) is 2.90. The summed E-state index contributed by atoms with van der Waals surface area (Å²) in [6, 6.07) is 10.9. The van der Waals surface area contributed by atoms with E-state index in [4.69, 9.17) is 0 Å². The lowest BCUT2D eigenvalue weighted by atomic mass is 10.0. The van der Waals surface area contributed by atoms with E-state index in [2.05, 4.69) is 23.2 Å². The summed E-state index contributed by atoms with van der Waals surface area (Å²) in [5.74, 6) is 0.239. The van der Waals surface area contributed by atoms with E-state index in [9.17, 15) is 4.39 Å². The lowest BCUT2D eigenvalue weighted by Crippen LogP contribution is -1.95. The fraction of sp³-hybridized carbons (Fsp3) is 0.133. The molecule has 0 spiro atoms. The van der Waals surface area contributed by atoms with Gasteiger partial charge < -0.3 is 0 Å². The number of aliphatic imine (C=N–C) groups is 1. The topological polar surface area (TPSA) is 12.4 Å². The molecule has 1 aromatic heterocycles. The Kier molecular flexibility index (Phi) is 4.51. The molecule has 19 heavy (non-hydrogen) atoms. The van der Waals surface area contributed by atoms with Gasteiger partial charge >= 0.3 is 0 Å². The maximum Gasteiger partial charge on any atom is 0.123 e. The minimum atomic E-state index is -0.193. The highest BCUT2D eigenvalue weighted by Crippen LogP contribution is 2.34. The van der Waals surface area contributed by atoms with Crippen LogP contribution in [-0.2, 0) is 0 Å². The molecule has 1 unspecified atom stereocenters. The number of benzene rings is 1. The first kappa shape index (κ1) is 14.0. The Bertz CT molecular complexity index is 601. The predicted molar refractivity (Wildman–Crippen MR) is 82.0 cm³/mol. The fourth-order valence-corrected chi connectivity index (χ4v) is 3.11. The quantitative estimate of drug-likeness (QED) is 0.735. The molecule has 1 aliphatic rings. The number of nitrogens with zero attached hydrogens (tertiary/aromatic N) is 1. The Morgan fingerprint density at radius 1 is 1.11 bits per heavy atom. The van der Waals surface area contributed by atoms with Crippen LogP contribution in [0.25, 0.3) is 10.4 Å². The summed E-state index contributed by atoms with van der Waals surface area (Å²) in [4.78, 5) is 6.60. The summed E-state index contributed by atoms with van der Waals surface area (Å²) in [7, 11) is 0. The van der Waals surface area contributed by atoms with Crippen molar-refractivity contribution in [2.75, 3.05) is 0 Å². The molecule has 2 aromatic rings. The SMILES string of the molecule is Cl.Fc1ccc(-c2ccc(C3C=CN=CC3)s2)cc1. The van der Waals surface area contributed by atoms with Crippen LogP contribution >= 0.6 is 23.7 Å². The standard InChI is InChI=1S/C15H12FNS.ClH/c16-13-3-1-11(2-4-13)14-5-6-15(18-14)12-7-9-17-10-8-12;/h1-7,9-10,12H,8H2;1H. The molecule has 0 radical (unpaired) electrons. The van der Waals surface area contributed by atoms with Crippen LogP contribution in [0.1, 0.15) is 17.2 Å². The van der Waals surface area contributed by atoms with Gasteiger partial charge in [0.25, 0.3) is 0 Å². The smallest absolute Gasteiger partial charge is 0.123 e. The molecule has 0 saturated heterocycles. The maximum atomic E-state index is 12.9. The van der Waals surface area contributed by atoms with Gasteiger partial charge in [0.15, 0.2) is 0 Å². The first-order valence-electron chi connectivity index (χ1n) is 5.87. The molecule has 3 rings (SSSR count). The van der Waals surface area contributed by atoms with Crippen molar-refractivity contribution >= 4 is 30.0 Å². The van der Waals surface area contributed by atoms with E-state index >= 15 is 0 Å². The van der Waals surface area contributed by atoms with Crippen molar-refractivity contribution in [3.63, 3.8) is 0 Å². The van der Waals surface area contributed by atoms with Crippen molar-refractivity contribution in [1.82, 2.24) is 0 Å². The summed E-state index contributed by atoms with van der Waals surface area (Å²) in [5.41, 5.74) is 1.07. The predicted octanol–water partition coefficient (Wildman–Crippen LogP) is 5.05. The first-order valence-corrected chi connectivity index (χ1v) is 6.68. The minimum absolute atomic E-state index is 0. The highest BCUT2D eigenvalue weighted by atomic mass is 35.5. The van der Waals surface area contributed by atoms with Crippen molar-refractivity contribution in [1.29, 1.82) is 0 Å². The highest BCUT2D eigenvalue weighted by molar-refractivity contribution is 7.15. The monoisotopic (exact) mass is 293 g/mol. The highest BCUT2D eigenvalue weighted by Gasteiger charge is 2.12. The number of thiophene rings is 1. The van der Waals surface area contributed by atoms with Gasteiger partial charge in [-0.05, 0) is 36.2 Å². The molecule has 1 aliphatic heterocycles. The fourth-order valence-electron chi connectivity index (χ4n) is 2.00. The summed E-state index contributed by atoms with van der Waals surface area (Å²) in [6.07, 6.45) is 6.88. The molecule has 0 amide bonds. The third-order valence-corrected chi connectivity index (χ3v) is 4.26. The average molecular weight is 294 g/mol. The summed E-state index contributed by atoms with van der Waals surface area (Å²) in [5, 5.41) is 0. The van der Waals surface area contributed by atoms with Crippen molar-refractivity contribution in [3.8, 4) is 10.4 Å². The second-order valence-electron chi connectivity index (χ2n) is 4.22. The van der Waals surface area contributed by atoms with Gasteiger partial charge in [0.1, 0.15) is 5.82 Å². The molecule has 0 aliphatic carbocycles. The molecular formula is C15H13ClFNS. The van der Waals surface area contributed by atoms with E-state index < -0.39 is 0 Å². The number of rotatable bonds is 2. The van der Waals surface area contributed by atoms with Crippen molar-refractivity contribution in [3.05, 3.63) is 59.4 Å². The van der Waals surface area contributed by atoms with Crippen LogP contribution in [0, 0.1) is 5.82 Å². The molecule has 1 nitrogen and oxygen atoms in total.